The van der Waals surface area contributed by atoms with Crippen LogP contribution in [0.1, 0.15) is 32.1 Å². The van der Waals surface area contributed by atoms with E-state index < -0.39 is 0 Å². The average molecular weight is 357 g/mol. The molecule has 0 aromatic carbocycles. The smallest absolute Gasteiger partial charge is 0.131 e. The molecule has 1 aromatic rings. The molecule has 128 valence electrons. The Bertz CT molecular complexity index is 509. The van der Waals surface area contributed by atoms with Crippen LogP contribution in [0, 0.1) is 5.92 Å². The second-order valence-corrected chi connectivity index (χ2v) is 7.65. The first kappa shape index (κ1) is 17.3. The molecule has 4 nitrogen and oxygen atoms in total. The number of hydrogen-bond acceptors (Lipinski definition) is 4. The van der Waals surface area contributed by atoms with Gasteiger partial charge in [0.05, 0.1) is 10.7 Å². The van der Waals surface area contributed by atoms with Crippen molar-refractivity contribution in [1.82, 2.24) is 9.88 Å². The van der Waals surface area contributed by atoms with Crippen LogP contribution in [-0.2, 0) is 0 Å². The van der Waals surface area contributed by atoms with Gasteiger partial charge >= 0.3 is 0 Å². The van der Waals surface area contributed by atoms with Gasteiger partial charge in [-0.05, 0) is 44.6 Å². The summed E-state index contributed by atoms with van der Waals surface area (Å²) in [7, 11) is 0. The minimum absolute atomic E-state index is 0.451. The van der Waals surface area contributed by atoms with Gasteiger partial charge in [0.2, 0.25) is 0 Å². The molecule has 0 radical (unpaired) electrons. The van der Waals surface area contributed by atoms with E-state index in [1.54, 1.807) is 6.20 Å². The molecule has 23 heavy (non-hydrogen) atoms. The molecule has 2 fully saturated rings. The molecule has 0 unspecified atom stereocenters. The highest BCUT2D eigenvalue weighted by atomic mass is 35.5. The minimum Gasteiger partial charge on any atom is -0.368 e. The van der Waals surface area contributed by atoms with E-state index in [9.17, 15) is 0 Å². The second-order valence-electron chi connectivity index (χ2n) is 6.86. The largest absolute Gasteiger partial charge is 0.368 e. The van der Waals surface area contributed by atoms with Crippen LogP contribution in [0.25, 0.3) is 0 Å². The van der Waals surface area contributed by atoms with Crippen molar-refractivity contribution >= 4 is 28.9 Å². The number of piperazine rings is 1. The number of halogens is 2. The van der Waals surface area contributed by atoms with Crippen molar-refractivity contribution in [2.24, 2.45) is 11.7 Å². The van der Waals surface area contributed by atoms with E-state index in [2.05, 4.69) is 14.8 Å². The zero-order chi connectivity index (χ0) is 16.2. The molecule has 1 aliphatic heterocycles. The maximum Gasteiger partial charge on any atom is 0.131 e. The topological polar surface area (TPSA) is 45.4 Å². The average Bonchev–Trinajstić information content (AvgIpc) is 2.57. The van der Waals surface area contributed by atoms with Crippen LogP contribution in [0.4, 0.5) is 5.69 Å². The molecule has 0 amide bonds. The fourth-order valence-corrected chi connectivity index (χ4v) is 4.08. The van der Waals surface area contributed by atoms with Crippen LogP contribution in [0.5, 0.6) is 0 Å². The monoisotopic (exact) mass is 356 g/mol. The molecule has 2 N–H and O–H groups in total. The van der Waals surface area contributed by atoms with Crippen LogP contribution in [-0.4, -0.2) is 48.6 Å². The zero-order valence-electron chi connectivity index (χ0n) is 13.6. The van der Waals surface area contributed by atoms with Gasteiger partial charge in [0, 0.05) is 44.5 Å². The van der Waals surface area contributed by atoms with Crippen LogP contribution >= 0.6 is 23.2 Å². The summed E-state index contributed by atoms with van der Waals surface area (Å²) in [5, 5.41) is 1.18. The quantitative estimate of drug-likeness (QED) is 0.839. The first-order valence-corrected chi connectivity index (χ1v) is 9.41. The highest BCUT2D eigenvalue weighted by Gasteiger charge is 2.22. The summed E-state index contributed by atoms with van der Waals surface area (Å²) < 4.78 is 0. The summed E-state index contributed by atoms with van der Waals surface area (Å²) >= 11 is 12.2. The molecule has 1 saturated heterocycles. The predicted octanol–water partition coefficient (Wildman–Crippen LogP) is 3.42. The lowest BCUT2D eigenvalue weighted by Gasteiger charge is -2.37. The van der Waals surface area contributed by atoms with Gasteiger partial charge in [-0.1, -0.05) is 23.2 Å². The van der Waals surface area contributed by atoms with Gasteiger partial charge in [0.15, 0.2) is 0 Å². The number of nitrogens with two attached hydrogens (primary N) is 1. The van der Waals surface area contributed by atoms with E-state index in [0.29, 0.717) is 16.2 Å². The Morgan fingerprint density at radius 1 is 1.09 bits per heavy atom. The number of pyridine rings is 1. The summed E-state index contributed by atoms with van der Waals surface area (Å²) in [6.45, 7) is 5.37. The van der Waals surface area contributed by atoms with Crippen LogP contribution in [0.2, 0.25) is 10.2 Å². The normalized spacial score (nSPS) is 26.5. The zero-order valence-corrected chi connectivity index (χ0v) is 15.1. The lowest BCUT2D eigenvalue weighted by Crippen LogP contribution is -2.47. The molecule has 1 aliphatic carbocycles. The Kier molecular flexibility index (Phi) is 6.02. The summed E-state index contributed by atoms with van der Waals surface area (Å²) in [4.78, 5) is 8.91. The number of hydrogen-bond donors (Lipinski definition) is 1. The molecule has 6 heteroatoms. The van der Waals surface area contributed by atoms with Crippen molar-refractivity contribution < 1.29 is 0 Å². The molecule has 2 heterocycles. The Morgan fingerprint density at radius 2 is 1.78 bits per heavy atom. The van der Waals surface area contributed by atoms with Crippen LogP contribution in [0.15, 0.2) is 12.3 Å². The molecule has 0 atom stereocenters. The Labute approximate surface area is 148 Å². The van der Waals surface area contributed by atoms with Crippen molar-refractivity contribution in [3.05, 3.63) is 22.4 Å². The number of nitrogens with zero attached hydrogens (tertiary/aromatic N) is 3. The SMILES string of the molecule is NC1CCC(CCN2CCN(c3cc(Cl)ncc3Cl)CC2)CC1. The first-order chi connectivity index (χ1) is 11.1. The van der Waals surface area contributed by atoms with Crippen molar-refractivity contribution in [2.75, 3.05) is 37.6 Å². The third-order valence-corrected chi connectivity index (χ3v) is 5.76. The second kappa shape index (κ2) is 8.02. The van der Waals surface area contributed by atoms with E-state index in [4.69, 9.17) is 28.9 Å². The fraction of sp³-hybridized carbons (Fsp3) is 0.706. The van der Waals surface area contributed by atoms with Gasteiger partial charge in [-0.3, -0.25) is 4.90 Å². The van der Waals surface area contributed by atoms with Crippen molar-refractivity contribution in [3.63, 3.8) is 0 Å². The van der Waals surface area contributed by atoms with E-state index >= 15 is 0 Å². The van der Waals surface area contributed by atoms with Crippen molar-refractivity contribution in [1.29, 1.82) is 0 Å². The third-order valence-electron chi connectivity index (χ3n) is 5.26. The first-order valence-electron chi connectivity index (χ1n) is 8.66. The molecule has 1 saturated carbocycles. The Balaban J connectivity index is 1.44. The van der Waals surface area contributed by atoms with Gasteiger partial charge in [-0.15, -0.1) is 0 Å². The van der Waals surface area contributed by atoms with Crippen molar-refractivity contribution in [2.45, 2.75) is 38.1 Å². The predicted molar refractivity (Wildman–Crippen MR) is 97.5 cm³/mol. The van der Waals surface area contributed by atoms with Crippen molar-refractivity contribution in [3.8, 4) is 0 Å². The summed E-state index contributed by atoms with van der Waals surface area (Å²) in [6.07, 6.45) is 7.99. The maximum absolute atomic E-state index is 6.25. The van der Waals surface area contributed by atoms with Gasteiger partial charge in [-0.25, -0.2) is 4.98 Å². The lowest BCUT2D eigenvalue weighted by atomic mass is 9.84. The summed E-state index contributed by atoms with van der Waals surface area (Å²) in [5.41, 5.74) is 7.00. The van der Waals surface area contributed by atoms with Crippen LogP contribution in [0.3, 0.4) is 0 Å². The van der Waals surface area contributed by atoms with Crippen LogP contribution < -0.4 is 10.6 Å². The molecule has 1 aromatic heterocycles. The van der Waals surface area contributed by atoms with E-state index in [1.165, 1.54) is 38.6 Å². The summed E-state index contributed by atoms with van der Waals surface area (Å²) in [5.74, 6) is 0.876. The molecule has 3 rings (SSSR count). The van der Waals surface area contributed by atoms with Gasteiger partial charge in [0.25, 0.3) is 0 Å². The third kappa shape index (κ3) is 4.72. The molecule has 0 spiro atoms. The number of anilines is 1. The van der Waals surface area contributed by atoms with Gasteiger partial charge in [0.1, 0.15) is 5.15 Å². The summed E-state index contributed by atoms with van der Waals surface area (Å²) in [6, 6.07) is 2.32. The number of rotatable bonds is 4. The Hall–Kier alpha value is -0.550. The minimum atomic E-state index is 0.451. The lowest BCUT2D eigenvalue weighted by molar-refractivity contribution is 0.217. The highest BCUT2D eigenvalue weighted by molar-refractivity contribution is 6.34. The molecular formula is C17H26Cl2N4. The fourth-order valence-electron chi connectivity index (χ4n) is 3.70. The number of aromatic nitrogens is 1. The molecule has 0 bridgehead atoms. The standard InChI is InChI=1S/C17H26Cl2N4/c18-15-12-21-17(19)11-16(15)23-9-7-22(8-10-23)6-5-13-1-3-14(20)4-2-13/h11-14H,1-10,20H2. The molecular weight excluding hydrogens is 331 g/mol. The highest BCUT2D eigenvalue weighted by Crippen LogP contribution is 2.29. The van der Waals surface area contributed by atoms with Gasteiger partial charge in [-0.2, -0.15) is 0 Å². The van der Waals surface area contributed by atoms with E-state index in [-0.39, 0.29) is 0 Å². The van der Waals surface area contributed by atoms with E-state index in [0.717, 1.165) is 37.8 Å². The Morgan fingerprint density at radius 3 is 2.48 bits per heavy atom. The molecule has 2 aliphatic rings. The van der Waals surface area contributed by atoms with Gasteiger partial charge < -0.3 is 10.6 Å². The van der Waals surface area contributed by atoms with E-state index in [1.807, 2.05) is 6.07 Å². The maximum atomic E-state index is 6.25.